The third-order valence-corrected chi connectivity index (χ3v) is 8.91. The first kappa shape index (κ1) is 27.4. The van der Waals surface area contributed by atoms with E-state index in [1.807, 2.05) is 0 Å². The van der Waals surface area contributed by atoms with Crippen LogP contribution in [0.4, 0.5) is 22.0 Å². The molecule has 1 fully saturated rings. The van der Waals surface area contributed by atoms with Gasteiger partial charge in [-0.2, -0.15) is 5.26 Å². The molecule has 3 aromatic rings. The Hall–Kier alpha value is -3.20. The summed E-state index contributed by atoms with van der Waals surface area (Å²) in [4.78, 5) is 0. The Morgan fingerprint density at radius 3 is 2.00 bits per heavy atom. The van der Waals surface area contributed by atoms with Crippen LogP contribution in [0.2, 0.25) is 0 Å². The Morgan fingerprint density at radius 1 is 0.769 bits per heavy atom. The number of nitriles is 1. The lowest BCUT2D eigenvalue weighted by molar-refractivity contribution is 0.353. The molecule has 0 aromatic heterocycles. The number of hydrogen-bond acceptors (Lipinski definition) is 1. The van der Waals surface area contributed by atoms with Gasteiger partial charge in [-0.3, -0.25) is 0 Å². The molecule has 2 aliphatic rings. The van der Waals surface area contributed by atoms with E-state index in [0.29, 0.717) is 49.7 Å². The van der Waals surface area contributed by atoms with Gasteiger partial charge in [0.1, 0.15) is 29.1 Å². The second-order valence-electron chi connectivity index (χ2n) is 11.2. The van der Waals surface area contributed by atoms with Gasteiger partial charge in [0.2, 0.25) is 0 Å². The Labute approximate surface area is 226 Å². The van der Waals surface area contributed by atoms with Gasteiger partial charge in [-0.05, 0) is 122 Å². The summed E-state index contributed by atoms with van der Waals surface area (Å²) in [5.74, 6) is -4.93. The highest BCUT2D eigenvalue weighted by atomic mass is 19.2. The van der Waals surface area contributed by atoms with Crippen LogP contribution in [-0.2, 0) is 25.7 Å². The standard InChI is InChI=1S/C33H32F5N/c1-2-19-3-5-20(6-4-19)7-8-21-9-14-25-26(15-21)32(37)33(38)30(31(25)36)23-12-10-22(11-13-23)24-16-28(34)27(18-39)29(35)17-24/h3-6,16-17,21-23H,2,7-15H2,1H3. The molecule has 0 heterocycles. The van der Waals surface area contributed by atoms with Crippen LogP contribution >= 0.6 is 0 Å². The van der Waals surface area contributed by atoms with Crippen molar-refractivity contribution in [2.45, 2.75) is 83.0 Å². The minimum absolute atomic E-state index is 0.170. The van der Waals surface area contributed by atoms with Crippen LogP contribution in [0.1, 0.15) is 96.2 Å². The van der Waals surface area contributed by atoms with Gasteiger partial charge < -0.3 is 0 Å². The van der Waals surface area contributed by atoms with Crippen molar-refractivity contribution in [3.05, 3.63) is 104 Å². The van der Waals surface area contributed by atoms with Crippen LogP contribution in [0.25, 0.3) is 0 Å². The van der Waals surface area contributed by atoms with Crippen molar-refractivity contribution in [3.8, 4) is 6.07 Å². The van der Waals surface area contributed by atoms with Gasteiger partial charge in [-0.1, -0.05) is 31.2 Å². The molecule has 5 rings (SSSR count). The maximum absolute atomic E-state index is 15.7. The normalized spacial score (nSPS) is 20.9. The summed E-state index contributed by atoms with van der Waals surface area (Å²) in [6.45, 7) is 2.11. The molecule has 1 saturated carbocycles. The van der Waals surface area contributed by atoms with E-state index in [4.69, 9.17) is 5.26 Å². The van der Waals surface area contributed by atoms with E-state index >= 15 is 13.2 Å². The maximum Gasteiger partial charge on any atom is 0.165 e. The molecule has 0 spiro atoms. The first-order valence-electron chi connectivity index (χ1n) is 14.0. The third kappa shape index (κ3) is 5.46. The fourth-order valence-electron chi connectivity index (χ4n) is 6.56. The van der Waals surface area contributed by atoms with Crippen molar-refractivity contribution < 1.29 is 22.0 Å². The van der Waals surface area contributed by atoms with E-state index in [2.05, 4.69) is 31.2 Å². The van der Waals surface area contributed by atoms with Crippen LogP contribution in [0.15, 0.2) is 36.4 Å². The van der Waals surface area contributed by atoms with Gasteiger partial charge in [-0.15, -0.1) is 0 Å². The molecule has 3 aromatic carbocycles. The highest BCUT2D eigenvalue weighted by molar-refractivity contribution is 5.41. The van der Waals surface area contributed by atoms with E-state index in [0.717, 1.165) is 25.7 Å². The van der Waals surface area contributed by atoms with Gasteiger partial charge in [-0.25, -0.2) is 22.0 Å². The Kier molecular flexibility index (Phi) is 8.07. The number of aryl methyl sites for hydroxylation is 2. The minimum atomic E-state index is -1.08. The summed E-state index contributed by atoms with van der Waals surface area (Å²) in [6.07, 6.45) is 5.86. The predicted molar refractivity (Wildman–Crippen MR) is 141 cm³/mol. The second kappa shape index (κ2) is 11.5. The van der Waals surface area contributed by atoms with Crippen LogP contribution in [0.3, 0.4) is 0 Å². The van der Waals surface area contributed by atoms with Crippen LogP contribution < -0.4 is 0 Å². The summed E-state index contributed by atoms with van der Waals surface area (Å²) in [7, 11) is 0. The molecule has 0 bridgehead atoms. The fraction of sp³-hybridized carbons (Fsp3) is 0.424. The lowest BCUT2D eigenvalue weighted by atomic mass is 9.73. The SMILES string of the molecule is CCc1ccc(CCC2CCc3c(F)c(C4CCC(c5cc(F)c(C#N)c(F)c5)CC4)c(F)c(F)c3C2)cc1. The first-order valence-corrected chi connectivity index (χ1v) is 14.0. The summed E-state index contributed by atoms with van der Waals surface area (Å²) in [6, 6.07) is 12.3. The lowest BCUT2D eigenvalue weighted by Crippen LogP contribution is -2.22. The van der Waals surface area contributed by atoms with E-state index in [1.165, 1.54) is 29.3 Å². The van der Waals surface area contributed by atoms with Crippen molar-refractivity contribution in [2.24, 2.45) is 5.92 Å². The second-order valence-corrected chi connectivity index (χ2v) is 11.2. The monoisotopic (exact) mass is 537 g/mol. The topological polar surface area (TPSA) is 23.8 Å². The average Bonchev–Trinajstić information content (AvgIpc) is 2.95. The Morgan fingerprint density at radius 2 is 1.38 bits per heavy atom. The van der Waals surface area contributed by atoms with Gasteiger partial charge in [0.05, 0.1) is 0 Å². The molecular formula is C33H32F5N. The lowest BCUT2D eigenvalue weighted by Gasteiger charge is -2.32. The number of hydrogen-bond donors (Lipinski definition) is 0. The number of rotatable bonds is 6. The molecule has 39 heavy (non-hydrogen) atoms. The van der Waals surface area contributed by atoms with E-state index < -0.39 is 40.6 Å². The van der Waals surface area contributed by atoms with Crippen LogP contribution in [-0.4, -0.2) is 0 Å². The summed E-state index contributed by atoms with van der Waals surface area (Å²) >= 11 is 0. The quantitative estimate of drug-likeness (QED) is 0.227. The van der Waals surface area contributed by atoms with Crippen molar-refractivity contribution >= 4 is 0 Å². The Balaban J connectivity index is 1.28. The summed E-state index contributed by atoms with van der Waals surface area (Å²) in [5, 5.41) is 8.89. The summed E-state index contributed by atoms with van der Waals surface area (Å²) < 4.78 is 74.6. The number of benzene rings is 3. The molecule has 0 radical (unpaired) electrons. The van der Waals surface area contributed by atoms with Crippen LogP contribution in [0.5, 0.6) is 0 Å². The molecule has 204 valence electrons. The zero-order valence-electron chi connectivity index (χ0n) is 22.1. The number of halogens is 5. The molecule has 1 unspecified atom stereocenters. The molecular weight excluding hydrogens is 505 g/mol. The molecule has 0 amide bonds. The van der Waals surface area contributed by atoms with Crippen LogP contribution in [0, 0.1) is 46.3 Å². The van der Waals surface area contributed by atoms with Crippen molar-refractivity contribution in [2.75, 3.05) is 0 Å². The molecule has 1 nitrogen and oxygen atoms in total. The van der Waals surface area contributed by atoms with Gasteiger partial charge in [0.25, 0.3) is 0 Å². The van der Waals surface area contributed by atoms with Crippen molar-refractivity contribution in [1.29, 1.82) is 5.26 Å². The zero-order chi connectivity index (χ0) is 27.7. The van der Waals surface area contributed by atoms with E-state index in [1.54, 1.807) is 0 Å². The zero-order valence-corrected chi connectivity index (χ0v) is 22.1. The van der Waals surface area contributed by atoms with Crippen molar-refractivity contribution in [3.63, 3.8) is 0 Å². The first-order chi connectivity index (χ1) is 18.8. The largest absolute Gasteiger partial charge is 0.206 e. The van der Waals surface area contributed by atoms with Gasteiger partial charge in [0.15, 0.2) is 11.6 Å². The molecule has 0 N–H and O–H groups in total. The maximum atomic E-state index is 15.7. The van der Waals surface area contributed by atoms with Gasteiger partial charge >= 0.3 is 0 Å². The number of fused-ring (bicyclic) bond motifs is 1. The highest BCUT2D eigenvalue weighted by Gasteiger charge is 2.34. The smallest absolute Gasteiger partial charge is 0.165 e. The van der Waals surface area contributed by atoms with Gasteiger partial charge in [0, 0.05) is 5.56 Å². The summed E-state index contributed by atoms with van der Waals surface area (Å²) in [5.41, 5.74) is 2.64. The Bertz CT molecular complexity index is 1370. The molecule has 0 saturated heterocycles. The number of nitrogens with zero attached hydrogens (tertiary/aromatic N) is 1. The third-order valence-electron chi connectivity index (χ3n) is 8.91. The molecule has 6 heteroatoms. The minimum Gasteiger partial charge on any atom is -0.206 e. The molecule has 2 aliphatic carbocycles. The van der Waals surface area contributed by atoms with Crippen molar-refractivity contribution in [1.82, 2.24) is 0 Å². The highest BCUT2D eigenvalue weighted by Crippen LogP contribution is 2.45. The molecule has 0 aliphatic heterocycles. The average molecular weight is 538 g/mol. The molecule has 1 atom stereocenters. The predicted octanol–water partition coefficient (Wildman–Crippen LogP) is 9.00. The van der Waals surface area contributed by atoms with E-state index in [9.17, 15) is 8.78 Å². The van der Waals surface area contributed by atoms with E-state index in [-0.39, 0.29) is 23.0 Å². The fourth-order valence-corrected chi connectivity index (χ4v) is 6.56.